The smallest absolute Gasteiger partial charge is 0.146 e. The lowest BCUT2D eigenvalue weighted by Gasteiger charge is -2.19. The molecule has 0 heterocycles. The average molecular weight is 356 g/mol. The predicted octanol–water partition coefficient (Wildman–Crippen LogP) is 3.54. The Kier molecular flexibility index (Phi) is 4.54. The van der Waals surface area contributed by atoms with Gasteiger partial charge < -0.3 is 11.1 Å². The summed E-state index contributed by atoms with van der Waals surface area (Å²) in [5.74, 6) is -0.262. The SMILES string of the molecule is NCC(Nc1ccccc1F)c1cccc(I)c1. The number of nitrogens with one attached hydrogen (secondary N) is 1. The number of nitrogens with two attached hydrogens (primary N) is 1. The van der Waals surface area contributed by atoms with Crippen LogP contribution in [0.5, 0.6) is 0 Å². The number of benzene rings is 2. The zero-order chi connectivity index (χ0) is 13.0. The zero-order valence-corrected chi connectivity index (χ0v) is 11.9. The molecular formula is C14H14FIN2. The van der Waals surface area contributed by atoms with E-state index >= 15 is 0 Å². The summed E-state index contributed by atoms with van der Waals surface area (Å²) in [6.45, 7) is 0.411. The number of rotatable bonds is 4. The standard InChI is InChI=1S/C14H14FIN2/c15-12-6-1-2-7-13(12)18-14(9-17)10-4-3-5-11(16)8-10/h1-8,14,18H,9,17H2. The van der Waals surface area contributed by atoms with Gasteiger partial charge in [-0.3, -0.25) is 0 Å². The van der Waals surface area contributed by atoms with E-state index in [0.29, 0.717) is 12.2 Å². The number of hydrogen-bond donors (Lipinski definition) is 2. The second kappa shape index (κ2) is 6.15. The molecule has 0 saturated heterocycles. The van der Waals surface area contributed by atoms with Gasteiger partial charge in [-0.15, -0.1) is 0 Å². The number of anilines is 1. The van der Waals surface area contributed by atoms with Gasteiger partial charge in [0.15, 0.2) is 0 Å². The summed E-state index contributed by atoms with van der Waals surface area (Å²) in [5, 5.41) is 3.14. The van der Waals surface area contributed by atoms with Crippen molar-refractivity contribution in [3.63, 3.8) is 0 Å². The largest absolute Gasteiger partial charge is 0.375 e. The third-order valence-electron chi connectivity index (χ3n) is 2.69. The molecule has 0 aromatic heterocycles. The maximum absolute atomic E-state index is 13.6. The highest BCUT2D eigenvalue weighted by molar-refractivity contribution is 14.1. The van der Waals surface area contributed by atoms with Crippen molar-refractivity contribution < 1.29 is 4.39 Å². The van der Waals surface area contributed by atoms with Crippen LogP contribution >= 0.6 is 22.6 Å². The molecule has 1 atom stereocenters. The minimum absolute atomic E-state index is 0.0865. The summed E-state index contributed by atoms with van der Waals surface area (Å²) < 4.78 is 14.7. The molecule has 2 rings (SSSR count). The first-order valence-corrected chi connectivity index (χ1v) is 6.75. The van der Waals surface area contributed by atoms with Crippen molar-refractivity contribution >= 4 is 28.3 Å². The van der Waals surface area contributed by atoms with Crippen molar-refractivity contribution in [3.8, 4) is 0 Å². The topological polar surface area (TPSA) is 38.0 Å². The normalized spacial score (nSPS) is 12.2. The predicted molar refractivity (Wildman–Crippen MR) is 81.0 cm³/mol. The van der Waals surface area contributed by atoms with Gasteiger partial charge >= 0.3 is 0 Å². The van der Waals surface area contributed by atoms with E-state index in [1.807, 2.05) is 24.3 Å². The van der Waals surface area contributed by atoms with Crippen molar-refractivity contribution in [1.82, 2.24) is 0 Å². The number of halogens is 2. The van der Waals surface area contributed by atoms with Crippen molar-refractivity contribution in [2.45, 2.75) is 6.04 Å². The molecule has 0 aliphatic carbocycles. The molecule has 0 aliphatic heterocycles. The van der Waals surface area contributed by atoms with Crippen LogP contribution in [0.15, 0.2) is 48.5 Å². The highest BCUT2D eigenvalue weighted by Crippen LogP contribution is 2.22. The van der Waals surface area contributed by atoms with E-state index in [1.165, 1.54) is 6.07 Å². The van der Waals surface area contributed by atoms with Crippen LogP contribution in [0, 0.1) is 9.39 Å². The van der Waals surface area contributed by atoms with Gasteiger partial charge in [0.25, 0.3) is 0 Å². The molecular weight excluding hydrogens is 342 g/mol. The van der Waals surface area contributed by atoms with Gasteiger partial charge in [0.2, 0.25) is 0 Å². The second-order valence-electron chi connectivity index (χ2n) is 3.97. The summed E-state index contributed by atoms with van der Waals surface area (Å²) in [6.07, 6.45) is 0. The van der Waals surface area contributed by atoms with E-state index in [-0.39, 0.29) is 11.9 Å². The Morgan fingerprint density at radius 3 is 2.61 bits per heavy atom. The van der Waals surface area contributed by atoms with Crippen LogP contribution in [-0.4, -0.2) is 6.54 Å². The molecule has 0 fully saturated rings. The maximum atomic E-state index is 13.6. The fourth-order valence-electron chi connectivity index (χ4n) is 1.77. The van der Waals surface area contributed by atoms with Crippen molar-refractivity contribution in [3.05, 3.63) is 63.5 Å². The lowest BCUT2D eigenvalue weighted by atomic mass is 10.1. The molecule has 2 aromatic carbocycles. The van der Waals surface area contributed by atoms with Gasteiger partial charge in [-0.25, -0.2) is 4.39 Å². The van der Waals surface area contributed by atoms with Crippen LogP contribution in [0.3, 0.4) is 0 Å². The van der Waals surface area contributed by atoms with Gasteiger partial charge in [0, 0.05) is 10.1 Å². The maximum Gasteiger partial charge on any atom is 0.146 e. The van der Waals surface area contributed by atoms with Crippen LogP contribution in [-0.2, 0) is 0 Å². The molecule has 0 radical (unpaired) electrons. The summed E-state index contributed by atoms with van der Waals surface area (Å²) >= 11 is 2.25. The molecule has 0 saturated carbocycles. The van der Waals surface area contributed by atoms with Gasteiger partial charge in [0.1, 0.15) is 5.82 Å². The van der Waals surface area contributed by atoms with Gasteiger partial charge in [-0.2, -0.15) is 0 Å². The average Bonchev–Trinajstić information content (AvgIpc) is 2.38. The zero-order valence-electron chi connectivity index (χ0n) is 9.74. The quantitative estimate of drug-likeness (QED) is 0.823. The first-order valence-electron chi connectivity index (χ1n) is 5.67. The molecule has 18 heavy (non-hydrogen) atoms. The van der Waals surface area contributed by atoms with E-state index in [1.54, 1.807) is 18.2 Å². The molecule has 0 spiro atoms. The van der Waals surface area contributed by atoms with Gasteiger partial charge in [-0.05, 0) is 52.4 Å². The number of hydrogen-bond acceptors (Lipinski definition) is 2. The van der Waals surface area contributed by atoms with Crippen molar-refractivity contribution in [2.75, 3.05) is 11.9 Å². The Balaban J connectivity index is 2.23. The Bertz CT molecular complexity index is 531. The molecule has 4 heteroatoms. The summed E-state index contributed by atoms with van der Waals surface area (Å²) in [7, 11) is 0. The Hall–Kier alpha value is -1.14. The first-order chi connectivity index (χ1) is 8.70. The number of para-hydroxylation sites is 1. The van der Waals surface area contributed by atoms with Crippen molar-refractivity contribution in [2.24, 2.45) is 5.73 Å². The minimum atomic E-state index is -0.262. The Morgan fingerprint density at radius 1 is 1.17 bits per heavy atom. The third-order valence-corrected chi connectivity index (χ3v) is 3.36. The fraction of sp³-hybridized carbons (Fsp3) is 0.143. The van der Waals surface area contributed by atoms with E-state index in [2.05, 4.69) is 27.9 Å². The molecule has 2 aromatic rings. The summed E-state index contributed by atoms with van der Waals surface area (Å²) in [5.41, 5.74) is 7.31. The molecule has 2 nitrogen and oxygen atoms in total. The second-order valence-corrected chi connectivity index (χ2v) is 5.21. The molecule has 3 N–H and O–H groups in total. The third kappa shape index (κ3) is 3.20. The lowest BCUT2D eigenvalue weighted by Crippen LogP contribution is -2.21. The molecule has 0 bridgehead atoms. The fourth-order valence-corrected chi connectivity index (χ4v) is 2.33. The van der Waals surface area contributed by atoms with Crippen LogP contribution in [0.2, 0.25) is 0 Å². The van der Waals surface area contributed by atoms with E-state index in [9.17, 15) is 4.39 Å². The Labute approximate surface area is 120 Å². The molecule has 1 unspecified atom stereocenters. The summed E-state index contributed by atoms with van der Waals surface area (Å²) in [6, 6.07) is 14.6. The van der Waals surface area contributed by atoms with Gasteiger partial charge in [-0.1, -0.05) is 24.3 Å². The van der Waals surface area contributed by atoms with Crippen LogP contribution in [0.25, 0.3) is 0 Å². The van der Waals surface area contributed by atoms with E-state index in [0.717, 1.165) is 9.13 Å². The van der Waals surface area contributed by atoms with Crippen molar-refractivity contribution in [1.29, 1.82) is 0 Å². The lowest BCUT2D eigenvalue weighted by molar-refractivity contribution is 0.626. The first kappa shape index (κ1) is 13.3. The molecule has 0 aliphatic rings. The molecule has 0 amide bonds. The van der Waals surface area contributed by atoms with E-state index < -0.39 is 0 Å². The monoisotopic (exact) mass is 356 g/mol. The highest BCUT2D eigenvalue weighted by Gasteiger charge is 2.11. The van der Waals surface area contributed by atoms with Gasteiger partial charge in [0.05, 0.1) is 11.7 Å². The minimum Gasteiger partial charge on any atom is -0.375 e. The highest BCUT2D eigenvalue weighted by atomic mass is 127. The van der Waals surface area contributed by atoms with E-state index in [4.69, 9.17) is 5.73 Å². The van der Waals surface area contributed by atoms with Crippen LogP contribution in [0.1, 0.15) is 11.6 Å². The summed E-state index contributed by atoms with van der Waals surface area (Å²) in [4.78, 5) is 0. The van der Waals surface area contributed by atoms with Crippen LogP contribution in [0.4, 0.5) is 10.1 Å². The van der Waals surface area contributed by atoms with Crippen LogP contribution < -0.4 is 11.1 Å². The molecule has 94 valence electrons. The Morgan fingerprint density at radius 2 is 1.94 bits per heavy atom.